The van der Waals surface area contributed by atoms with Gasteiger partial charge < -0.3 is 14.9 Å². The number of benzene rings is 1. The first-order valence-electron chi connectivity index (χ1n) is 8.55. The summed E-state index contributed by atoms with van der Waals surface area (Å²) >= 11 is 0. The molecule has 2 aromatic heterocycles. The zero-order chi connectivity index (χ0) is 17.4. The average Bonchev–Trinajstić information content (AvgIpc) is 3.28. The van der Waals surface area contributed by atoms with Crippen LogP contribution in [0.15, 0.2) is 36.5 Å². The van der Waals surface area contributed by atoms with Crippen LogP contribution in [-0.2, 0) is 0 Å². The van der Waals surface area contributed by atoms with Gasteiger partial charge in [0.05, 0.1) is 11.0 Å². The quantitative estimate of drug-likeness (QED) is 0.721. The van der Waals surface area contributed by atoms with Crippen molar-refractivity contribution in [2.24, 2.45) is 0 Å². The van der Waals surface area contributed by atoms with Crippen LogP contribution < -0.4 is 0 Å². The Kier molecular flexibility index (Phi) is 3.87. The average molecular weight is 336 g/mol. The molecule has 128 valence electrons. The molecular weight excluding hydrogens is 316 g/mol. The largest absolute Gasteiger partial charge is 0.356 e. The number of nitrogens with zero attached hydrogens (tertiary/aromatic N) is 2. The van der Waals surface area contributed by atoms with Gasteiger partial charge >= 0.3 is 0 Å². The molecule has 1 amide bonds. The van der Waals surface area contributed by atoms with Crippen LogP contribution in [0.4, 0.5) is 0 Å². The number of hydrogen-bond donors (Lipinski definition) is 2. The number of Topliss-reactive ketones (excluding diaryl/α,β-unsaturated/α-hetero) is 1. The van der Waals surface area contributed by atoms with E-state index in [2.05, 4.69) is 15.0 Å². The molecule has 1 aliphatic heterocycles. The second kappa shape index (κ2) is 6.20. The zero-order valence-electron chi connectivity index (χ0n) is 14.1. The number of carbonyl (C=O) groups is 2. The SMILES string of the molecule is CC(=O)c1c[nH]c(C(=O)N2CCC(c3nc4ccccc4[nH]3)CC2)c1. The highest BCUT2D eigenvalue weighted by molar-refractivity contribution is 5.99. The Bertz CT molecular complexity index is 899. The van der Waals surface area contributed by atoms with Gasteiger partial charge in [-0.25, -0.2) is 4.98 Å². The molecule has 0 radical (unpaired) electrons. The van der Waals surface area contributed by atoms with Gasteiger partial charge in [-0.05, 0) is 38.0 Å². The van der Waals surface area contributed by atoms with E-state index in [0.29, 0.717) is 30.3 Å². The zero-order valence-corrected chi connectivity index (χ0v) is 14.1. The lowest BCUT2D eigenvalue weighted by atomic mass is 9.96. The summed E-state index contributed by atoms with van der Waals surface area (Å²) < 4.78 is 0. The first-order valence-corrected chi connectivity index (χ1v) is 8.55. The summed E-state index contributed by atoms with van der Waals surface area (Å²) in [4.78, 5) is 36.8. The number of ketones is 1. The molecule has 6 heteroatoms. The molecule has 2 N–H and O–H groups in total. The molecule has 3 aromatic rings. The fourth-order valence-electron chi connectivity index (χ4n) is 3.41. The molecule has 0 aliphatic carbocycles. The van der Waals surface area contributed by atoms with Crippen molar-refractivity contribution >= 4 is 22.7 Å². The summed E-state index contributed by atoms with van der Waals surface area (Å²) in [6.45, 7) is 2.88. The fourth-order valence-corrected chi connectivity index (χ4v) is 3.41. The lowest BCUT2D eigenvalue weighted by Gasteiger charge is -2.30. The molecule has 0 saturated carbocycles. The summed E-state index contributed by atoms with van der Waals surface area (Å²) in [5.74, 6) is 1.26. The van der Waals surface area contributed by atoms with E-state index in [9.17, 15) is 9.59 Å². The molecule has 0 unspecified atom stereocenters. The number of para-hydroxylation sites is 2. The van der Waals surface area contributed by atoms with Gasteiger partial charge in [-0.3, -0.25) is 9.59 Å². The molecule has 1 fully saturated rings. The molecule has 1 aromatic carbocycles. The number of aromatic amines is 2. The van der Waals surface area contributed by atoms with Gasteiger partial charge in [-0.15, -0.1) is 0 Å². The smallest absolute Gasteiger partial charge is 0.270 e. The minimum Gasteiger partial charge on any atom is -0.356 e. The Balaban J connectivity index is 1.43. The Labute approximate surface area is 145 Å². The van der Waals surface area contributed by atoms with Gasteiger partial charge in [0.1, 0.15) is 11.5 Å². The standard InChI is InChI=1S/C19H20N4O2/c1-12(24)14-10-17(20-11-14)19(25)23-8-6-13(7-9-23)18-21-15-4-2-3-5-16(15)22-18/h2-5,10-11,13,20H,6-9H2,1H3,(H,21,22). The Morgan fingerprint density at radius 1 is 1.20 bits per heavy atom. The molecule has 25 heavy (non-hydrogen) atoms. The van der Waals surface area contributed by atoms with Crippen LogP contribution in [0.2, 0.25) is 0 Å². The van der Waals surface area contributed by atoms with Crippen LogP contribution >= 0.6 is 0 Å². The van der Waals surface area contributed by atoms with Crippen LogP contribution in [0.3, 0.4) is 0 Å². The predicted octanol–water partition coefficient (Wildman–Crippen LogP) is 3.11. The third-order valence-corrected chi connectivity index (χ3v) is 4.90. The normalized spacial score (nSPS) is 15.6. The van der Waals surface area contributed by atoms with Gasteiger partial charge in [-0.1, -0.05) is 12.1 Å². The second-order valence-electron chi connectivity index (χ2n) is 6.56. The molecule has 1 saturated heterocycles. The predicted molar refractivity (Wildman–Crippen MR) is 94.8 cm³/mol. The van der Waals surface area contributed by atoms with Crippen molar-refractivity contribution in [3.05, 3.63) is 53.6 Å². The maximum absolute atomic E-state index is 12.6. The number of carbonyl (C=O) groups excluding carboxylic acids is 2. The summed E-state index contributed by atoms with van der Waals surface area (Å²) in [6, 6.07) is 9.65. The number of imidazole rings is 1. The molecule has 1 aliphatic rings. The summed E-state index contributed by atoms with van der Waals surface area (Å²) in [6.07, 6.45) is 3.36. The Morgan fingerprint density at radius 2 is 1.96 bits per heavy atom. The van der Waals surface area contributed by atoms with Gasteiger partial charge in [0.2, 0.25) is 0 Å². The Morgan fingerprint density at radius 3 is 2.64 bits per heavy atom. The van der Waals surface area contributed by atoms with Gasteiger partial charge in [0, 0.05) is 30.8 Å². The van der Waals surface area contributed by atoms with Gasteiger partial charge in [-0.2, -0.15) is 0 Å². The van der Waals surface area contributed by atoms with Gasteiger partial charge in [0.15, 0.2) is 5.78 Å². The molecule has 0 atom stereocenters. The summed E-state index contributed by atoms with van der Waals surface area (Å²) in [5, 5.41) is 0. The molecule has 0 spiro atoms. The van der Waals surface area contributed by atoms with Crippen molar-refractivity contribution in [2.45, 2.75) is 25.7 Å². The van der Waals surface area contributed by atoms with E-state index in [-0.39, 0.29) is 11.7 Å². The van der Waals surface area contributed by atoms with Gasteiger partial charge in [0.25, 0.3) is 5.91 Å². The number of fused-ring (bicyclic) bond motifs is 1. The number of likely N-dealkylation sites (tertiary alicyclic amines) is 1. The molecule has 3 heterocycles. The van der Waals surface area contributed by atoms with Crippen LogP contribution in [0.1, 0.15) is 52.4 Å². The van der Waals surface area contributed by atoms with Crippen molar-refractivity contribution in [1.29, 1.82) is 0 Å². The number of rotatable bonds is 3. The molecule has 6 nitrogen and oxygen atoms in total. The summed E-state index contributed by atoms with van der Waals surface area (Å²) in [7, 11) is 0. The van der Waals surface area contributed by atoms with Crippen LogP contribution in [0.25, 0.3) is 11.0 Å². The van der Waals surface area contributed by atoms with E-state index in [0.717, 1.165) is 29.7 Å². The minimum absolute atomic E-state index is 0.0427. The van der Waals surface area contributed by atoms with Crippen LogP contribution in [0.5, 0.6) is 0 Å². The van der Waals surface area contributed by atoms with Crippen LogP contribution in [0, 0.1) is 0 Å². The first kappa shape index (κ1) is 15.6. The molecule has 0 bridgehead atoms. The van der Waals surface area contributed by atoms with Crippen molar-refractivity contribution in [1.82, 2.24) is 19.9 Å². The number of hydrogen-bond acceptors (Lipinski definition) is 3. The Hall–Kier alpha value is -2.89. The maximum atomic E-state index is 12.6. The lowest BCUT2D eigenvalue weighted by molar-refractivity contribution is 0.0706. The van der Waals surface area contributed by atoms with E-state index in [1.54, 1.807) is 12.3 Å². The highest BCUT2D eigenvalue weighted by Crippen LogP contribution is 2.28. The van der Waals surface area contributed by atoms with Crippen molar-refractivity contribution < 1.29 is 9.59 Å². The highest BCUT2D eigenvalue weighted by atomic mass is 16.2. The number of nitrogens with one attached hydrogen (secondary N) is 2. The number of amides is 1. The molecule has 4 rings (SSSR count). The fraction of sp³-hybridized carbons (Fsp3) is 0.316. The van der Waals surface area contributed by atoms with E-state index in [1.807, 2.05) is 29.2 Å². The van der Waals surface area contributed by atoms with Crippen molar-refractivity contribution in [2.75, 3.05) is 13.1 Å². The van der Waals surface area contributed by atoms with E-state index in [1.165, 1.54) is 6.92 Å². The number of aromatic nitrogens is 3. The van der Waals surface area contributed by atoms with E-state index >= 15 is 0 Å². The second-order valence-corrected chi connectivity index (χ2v) is 6.56. The number of H-pyrrole nitrogens is 2. The monoisotopic (exact) mass is 336 g/mol. The van der Waals surface area contributed by atoms with Crippen molar-refractivity contribution in [3.8, 4) is 0 Å². The topological polar surface area (TPSA) is 81.8 Å². The van der Waals surface area contributed by atoms with E-state index in [4.69, 9.17) is 0 Å². The highest BCUT2D eigenvalue weighted by Gasteiger charge is 2.27. The van der Waals surface area contributed by atoms with Crippen LogP contribution in [-0.4, -0.2) is 44.6 Å². The minimum atomic E-state index is -0.0458. The third-order valence-electron chi connectivity index (χ3n) is 4.90. The summed E-state index contributed by atoms with van der Waals surface area (Å²) in [5.41, 5.74) is 3.06. The van der Waals surface area contributed by atoms with Crippen molar-refractivity contribution in [3.63, 3.8) is 0 Å². The lowest BCUT2D eigenvalue weighted by Crippen LogP contribution is -2.38. The maximum Gasteiger partial charge on any atom is 0.270 e. The third kappa shape index (κ3) is 2.95. The van der Waals surface area contributed by atoms with E-state index < -0.39 is 0 Å². The first-order chi connectivity index (χ1) is 12.1. The molecular formula is C19H20N4O2. The number of piperidine rings is 1.